The molecule has 3 rings (SSSR count). The molecule has 1 aromatic heterocycles. The normalized spacial score (nSPS) is 19.9. The summed E-state index contributed by atoms with van der Waals surface area (Å²) in [7, 11) is 0. The van der Waals surface area contributed by atoms with Gasteiger partial charge in [-0.25, -0.2) is 9.59 Å². The van der Waals surface area contributed by atoms with E-state index in [1.807, 2.05) is 32.9 Å². The Morgan fingerprint density at radius 2 is 1.92 bits per heavy atom. The molecular formula is C18H25N3O4. The molecule has 0 aromatic carbocycles. The smallest absolute Gasteiger partial charge is 0.410 e. The molecule has 0 bridgehead atoms. The third-order valence-electron chi connectivity index (χ3n) is 4.49. The second-order valence-corrected chi connectivity index (χ2v) is 7.73. The molecule has 1 spiro atoms. The van der Waals surface area contributed by atoms with Gasteiger partial charge in [0.05, 0.1) is 6.54 Å². The van der Waals surface area contributed by atoms with E-state index in [2.05, 4.69) is 4.98 Å². The number of carbonyl (C=O) groups excluding carboxylic acids is 2. The van der Waals surface area contributed by atoms with Gasteiger partial charge in [0, 0.05) is 44.9 Å². The molecule has 2 aliphatic heterocycles. The first kappa shape index (κ1) is 17.5. The molecule has 2 saturated heterocycles. The lowest BCUT2D eigenvalue weighted by atomic mass is 9.91. The maximum atomic E-state index is 12.2. The van der Waals surface area contributed by atoms with Crippen LogP contribution in [0.15, 0.2) is 24.5 Å². The minimum absolute atomic E-state index is 0.289. The Balaban J connectivity index is 1.57. The van der Waals surface area contributed by atoms with Crippen molar-refractivity contribution in [3.05, 3.63) is 30.1 Å². The van der Waals surface area contributed by atoms with E-state index in [1.54, 1.807) is 22.2 Å². The van der Waals surface area contributed by atoms with Crippen molar-refractivity contribution >= 4 is 12.2 Å². The van der Waals surface area contributed by atoms with Gasteiger partial charge in [-0.1, -0.05) is 0 Å². The number of pyridine rings is 1. The zero-order chi connectivity index (χ0) is 18.1. The van der Waals surface area contributed by atoms with Gasteiger partial charge >= 0.3 is 12.2 Å². The van der Waals surface area contributed by atoms with Crippen LogP contribution in [0.5, 0.6) is 0 Å². The van der Waals surface area contributed by atoms with Crippen LogP contribution in [0.2, 0.25) is 0 Å². The van der Waals surface area contributed by atoms with E-state index in [-0.39, 0.29) is 12.2 Å². The first-order valence-corrected chi connectivity index (χ1v) is 8.61. The van der Waals surface area contributed by atoms with Gasteiger partial charge in [0.25, 0.3) is 0 Å². The van der Waals surface area contributed by atoms with Crippen LogP contribution < -0.4 is 0 Å². The molecule has 1 aromatic rings. The van der Waals surface area contributed by atoms with Crippen molar-refractivity contribution in [3.8, 4) is 0 Å². The minimum Gasteiger partial charge on any atom is -0.444 e. The molecule has 25 heavy (non-hydrogen) atoms. The van der Waals surface area contributed by atoms with E-state index in [1.165, 1.54) is 0 Å². The van der Waals surface area contributed by atoms with Gasteiger partial charge < -0.3 is 14.4 Å². The molecule has 0 atom stereocenters. The van der Waals surface area contributed by atoms with Crippen LogP contribution >= 0.6 is 0 Å². The topological polar surface area (TPSA) is 72.0 Å². The zero-order valence-corrected chi connectivity index (χ0v) is 15.0. The summed E-state index contributed by atoms with van der Waals surface area (Å²) in [5.74, 6) is 0. The lowest BCUT2D eigenvalue weighted by molar-refractivity contribution is -0.0170. The van der Waals surface area contributed by atoms with Gasteiger partial charge in [0.1, 0.15) is 11.2 Å². The van der Waals surface area contributed by atoms with E-state index < -0.39 is 11.2 Å². The van der Waals surface area contributed by atoms with Gasteiger partial charge in [0.2, 0.25) is 0 Å². The standard InChI is InChI=1S/C18H25N3O4/c1-17(2,3)24-15(22)20-10-6-18(7-11-20)13-21(16(23)25-18)12-14-4-8-19-9-5-14/h4-5,8-9H,6-7,10-13H2,1-3H3. The number of rotatable bonds is 2. The summed E-state index contributed by atoms with van der Waals surface area (Å²) in [6.45, 7) is 7.69. The van der Waals surface area contributed by atoms with Crippen LogP contribution in [0.25, 0.3) is 0 Å². The Hall–Kier alpha value is -2.31. The summed E-state index contributed by atoms with van der Waals surface area (Å²) >= 11 is 0. The number of carbonyl (C=O) groups is 2. The average molecular weight is 347 g/mol. The summed E-state index contributed by atoms with van der Waals surface area (Å²) < 4.78 is 11.1. The van der Waals surface area contributed by atoms with Crippen molar-refractivity contribution in [1.29, 1.82) is 0 Å². The Labute approximate surface area is 147 Å². The summed E-state index contributed by atoms with van der Waals surface area (Å²) in [6, 6.07) is 3.78. The zero-order valence-electron chi connectivity index (χ0n) is 15.0. The molecule has 2 aliphatic rings. The maximum Gasteiger partial charge on any atom is 0.410 e. The average Bonchev–Trinajstić information content (AvgIpc) is 2.82. The van der Waals surface area contributed by atoms with E-state index in [0.29, 0.717) is 39.0 Å². The fraction of sp³-hybridized carbons (Fsp3) is 0.611. The highest BCUT2D eigenvalue weighted by molar-refractivity contribution is 5.71. The molecular weight excluding hydrogens is 322 g/mol. The van der Waals surface area contributed by atoms with Crippen LogP contribution in [-0.4, -0.2) is 57.8 Å². The maximum absolute atomic E-state index is 12.2. The summed E-state index contributed by atoms with van der Waals surface area (Å²) in [6.07, 6.45) is 4.09. The highest BCUT2D eigenvalue weighted by Gasteiger charge is 2.47. The molecule has 2 fully saturated rings. The number of hydrogen-bond donors (Lipinski definition) is 0. The number of hydrogen-bond acceptors (Lipinski definition) is 5. The van der Waals surface area contributed by atoms with Crippen LogP contribution in [0.1, 0.15) is 39.2 Å². The molecule has 7 heteroatoms. The second kappa shape index (κ2) is 6.54. The quantitative estimate of drug-likeness (QED) is 0.822. The fourth-order valence-electron chi connectivity index (χ4n) is 3.21. The largest absolute Gasteiger partial charge is 0.444 e. The second-order valence-electron chi connectivity index (χ2n) is 7.73. The molecule has 0 unspecified atom stereocenters. The van der Waals surface area contributed by atoms with Crippen molar-refractivity contribution in [3.63, 3.8) is 0 Å². The molecule has 2 amide bonds. The van der Waals surface area contributed by atoms with E-state index in [4.69, 9.17) is 9.47 Å². The number of amides is 2. The molecule has 0 saturated carbocycles. The lowest BCUT2D eigenvalue weighted by Crippen LogP contribution is -2.49. The van der Waals surface area contributed by atoms with Gasteiger partial charge in [-0.15, -0.1) is 0 Å². The Kier molecular flexibility index (Phi) is 4.58. The van der Waals surface area contributed by atoms with Crippen molar-refractivity contribution in [2.24, 2.45) is 0 Å². The fourth-order valence-corrected chi connectivity index (χ4v) is 3.21. The van der Waals surface area contributed by atoms with Crippen molar-refractivity contribution < 1.29 is 19.1 Å². The summed E-state index contributed by atoms with van der Waals surface area (Å²) in [4.78, 5) is 31.8. The van der Waals surface area contributed by atoms with Crippen LogP contribution in [0, 0.1) is 0 Å². The molecule has 0 radical (unpaired) electrons. The SMILES string of the molecule is CC(C)(C)OC(=O)N1CCC2(CC1)CN(Cc1ccncc1)C(=O)O2. The van der Waals surface area contributed by atoms with Gasteiger partial charge in [-0.2, -0.15) is 0 Å². The van der Waals surface area contributed by atoms with Crippen molar-refractivity contribution in [2.75, 3.05) is 19.6 Å². The van der Waals surface area contributed by atoms with Crippen LogP contribution in [0.4, 0.5) is 9.59 Å². The highest BCUT2D eigenvalue weighted by Crippen LogP contribution is 2.34. The highest BCUT2D eigenvalue weighted by atomic mass is 16.6. The molecule has 0 N–H and O–H groups in total. The summed E-state index contributed by atoms with van der Waals surface area (Å²) in [5, 5.41) is 0. The first-order chi connectivity index (χ1) is 11.8. The molecule has 7 nitrogen and oxygen atoms in total. The van der Waals surface area contributed by atoms with E-state index in [0.717, 1.165) is 5.56 Å². The number of piperidine rings is 1. The van der Waals surface area contributed by atoms with Gasteiger partial charge in [-0.3, -0.25) is 9.88 Å². The van der Waals surface area contributed by atoms with Crippen LogP contribution in [-0.2, 0) is 16.0 Å². The minimum atomic E-state index is -0.507. The third kappa shape index (κ3) is 4.21. The number of aromatic nitrogens is 1. The van der Waals surface area contributed by atoms with E-state index >= 15 is 0 Å². The Morgan fingerprint density at radius 1 is 1.28 bits per heavy atom. The number of nitrogens with zero attached hydrogens (tertiary/aromatic N) is 3. The van der Waals surface area contributed by atoms with E-state index in [9.17, 15) is 9.59 Å². The molecule has 0 aliphatic carbocycles. The lowest BCUT2D eigenvalue weighted by Gasteiger charge is -2.37. The Bertz CT molecular complexity index is 633. The van der Waals surface area contributed by atoms with Crippen molar-refractivity contribution in [1.82, 2.24) is 14.8 Å². The van der Waals surface area contributed by atoms with Crippen molar-refractivity contribution in [2.45, 2.75) is 51.4 Å². The number of likely N-dealkylation sites (tertiary alicyclic amines) is 1. The predicted octanol–water partition coefficient (Wildman–Crippen LogP) is 2.80. The monoisotopic (exact) mass is 347 g/mol. The Morgan fingerprint density at radius 3 is 2.52 bits per heavy atom. The number of ether oxygens (including phenoxy) is 2. The van der Waals surface area contributed by atoms with Crippen LogP contribution in [0.3, 0.4) is 0 Å². The summed E-state index contributed by atoms with van der Waals surface area (Å²) in [5.41, 5.74) is 0.0194. The third-order valence-corrected chi connectivity index (χ3v) is 4.49. The molecule has 3 heterocycles. The first-order valence-electron chi connectivity index (χ1n) is 8.61. The van der Waals surface area contributed by atoms with Gasteiger partial charge in [-0.05, 0) is 38.5 Å². The predicted molar refractivity (Wildman–Crippen MR) is 90.9 cm³/mol. The van der Waals surface area contributed by atoms with Gasteiger partial charge in [0.15, 0.2) is 0 Å². The molecule has 136 valence electrons.